The van der Waals surface area contributed by atoms with Gasteiger partial charge >= 0.3 is 6.18 Å². The number of hydrogen-bond acceptors (Lipinski definition) is 1. The number of carbonyl (C=O) groups excluding carboxylic acids is 1. The molecule has 2 rings (SSSR count). The van der Waals surface area contributed by atoms with Crippen LogP contribution < -0.4 is 11.5 Å². The molecular formula is C17H16F3N3O. The van der Waals surface area contributed by atoms with Crippen LogP contribution in [0.2, 0.25) is 0 Å². The fraction of sp³-hybridized carbons (Fsp3) is 0.176. The number of alkyl halides is 3. The van der Waals surface area contributed by atoms with Crippen LogP contribution in [-0.4, -0.2) is 11.9 Å². The molecule has 0 saturated heterocycles. The molecular weight excluding hydrogens is 319 g/mol. The maximum Gasteiger partial charge on any atom is 0.416 e. The van der Waals surface area contributed by atoms with Crippen molar-refractivity contribution in [2.75, 3.05) is 0 Å². The number of amides is 1. The highest BCUT2D eigenvalue weighted by molar-refractivity contribution is 5.95. The summed E-state index contributed by atoms with van der Waals surface area (Å²) in [5.41, 5.74) is 11.0. The second-order valence-electron chi connectivity index (χ2n) is 5.24. The van der Waals surface area contributed by atoms with Crippen LogP contribution in [0.15, 0.2) is 59.6 Å². The predicted molar refractivity (Wildman–Crippen MR) is 85.1 cm³/mol. The quantitative estimate of drug-likeness (QED) is 0.666. The summed E-state index contributed by atoms with van der Waals surface area (Å²) in [6, 6.07) is 13.5. The molecule has 1 atom stereocenters. The topological polar surface area (TPSA) is 81.5 Å². The number of nitrogens with zero attached hydrogens (tertiary/aromatic N) is 1. The minimum atomic E-state index is -4.43. The van der Waals surface area contributed by atoms with Gasteiger partial charge < -0.3 is 11.5 Å². The van der Waals surface area contributed by atoms with Crippen LogP contribution in [0.1, 0.15) is 22.6 Å². The molecule has 0 spiro atoms. The van der Waals surface area contributed by atoms with E-state index in [9.17, 15) is 18.0 Å². The lowest BCUT2D eigenvalue weighted by Gasteiger charge is -2.15. The summed E-state index contributed by atoms with van der Waals surface area (Å²) >= 11 is 0. The van der Waals surface area contributed by atoms with E-state index in [0.29, 0.717) is 5.56 Å². The predicted octanol–water partition coefficient (Wildman–Crippen LogP) is 2.83. The molecule has 0 saturated carbocycles. The molecule has 24 heavy (non-hydrogen) atoms. The highest BCUT2D eigenvalue weighted by Gasteiger charge is 2.30. The van der Waals surface area contributed by atoms with Crippen LogP contribution in [-0.2, 0) is 17.4 Å². The Bertz CT molecular complexity index is 721. The summed E-state index contributed by atoms with van der Waals surface area (Å²) in [5, 5.41) is 0. The van der Waals surface area contributed by atoms with Crippen molar-refractivity contribution in [2.24, 2.45) is 16.5 Å². The van der Waals surface area contributed by atoms with Gasteiger partial charge in [0.15, 0.2) is 5.96 Å². The summed E-state index contributed by atoms with van der Waals surface area (Å²) in [5.74, 6) is -1.75. The van der Waals surface area contributed by atoms with Gasteiger partial charge in [-0.05, 0) is 29.7 Å². The van der Waals surface area contributed by atoms with Gasteiger partial charge in [-0.25, -0.2) is 0 Å². The molecule has 7 heteroatoms. The van der Waals surface area contributed by atoms with Crippen LogP contribution in [0.5, 0.6) is 0 Å². The van der Waals surface area contributed by atoms with E-state index in [4.69, 9.17) is 11.5 Å². The molecule has 0 aliphatic rings. The van der Waals surface area contributed by atoms with E-state index in [-0.39, 0.29) is 12.4 Å². The third-order valence-corrected chi connectivity index (χ3v) is 3.46. The van der Waals surface area contributed by atoms with Gasteiger partial charge in [-0.3, -0.25) is 4.79 Å². The molecule has 0 aliphatic carbocycles. The third kappa shape index (κ3) is 4.58. The number of rotatable bonds is 4. The molecule has 0 aliphatic heterocycles. The smallest absolute Gasteiger partial charge is 0.370 e. The largest absolute Gasteiger partial charge is 0.416 e. The van der Waals surface area contributed by atoms with E-state index in [1.807, 2.05) is 30.3 Å². The number of aliphatic imine (C=N–C) groups is 1. The van der Waals surface area contributed by atoms with Gasteiger partial charge in [0.05, 0.1) is 11.5 Å². The zero-order valence-corrected chi connectivity index (χ0v) is 12.6. The number of carbonyl (C=O) groups is 1. The summed E-state index contributed by atoms with van der Waals surface area (Å²) in [6.45, 7) is 0. The lowest BCUT2D eigenvalue weighted by atomic mass is 9.90. The molecule has 0 fully saturated rings. The molecule has 4 N–H and O–H groups in total. The molecule has 126 valence electrons. The van der Waals surface area contributed by atoms with Gasteiger partial charge in [0.2, 0.25) is 0 Å². The van der Waals surface area contributed by atoms with Crippen molar-refractivity contribution in [3.05, 3.63) is 71.3 Å². The van der Waals surface area contributed by atoms with Crippen LogP contribution in [0.4, 0.5) is 13.2 Å². The van der Waals surface area contributed by atoms with Crippen molar-refractivity contribution in [1.29, 1.82) is 0 Å². The second-order valence-corrected chi connectivity index (χ2v) is 5.24. The zero-order chi connectivity index (χ0) is 17.7. The minimum absolute atomic E-state index is 0.280. The van der Waals surface area contributed by atoms with E-state index in [1.54, 1.807) is 0 Å². The van der Waals surface area contributed by atoms with Crippen molar-refractivity contribution in [3.8, 4) is 0 Å². The van der Waals surface area contributed by atoms with Crippen molar-refractivity contribution in [3.63, 3.8) is 0 Å². The molecule has 0 heterocycles. The maximum atomic E-state index is 12.7. The van der Waals surface area contributed by atoms with Crippen molar-refractivity contribution in [2.45, 2.75) is 18.5 Å². The highest BCUT2D eigenvalue weighted by Crippen LogP contribution is 2.31. The normalized spacial score (nSPS) is 12.5. The lowest BCUT2D eigenvalue weighted by molar-refractivity contribution is -0.137. The second kappa shape index (κ2) is 7.16. The number of halogens is 3. The van der Waals surface area contributed by atoms with Gasteiger partial charge in [0.1, 0.15) is 0 Å². The summed E-state index contributed by atoms with van der Waals surface area (Å²) in [4.78, 5) is 15.8. The zero-order valence-electron chi connectivity index (χ0n) is 12.6. The van der Waals surface area contributed by atoms with Gasteiger partial charge in [-0.1, -0.05) is 42.5 Å². The van der Waals surface area contributed by atoms with Gasteiger partial charge in [0.25, 0.3) is 5.91 Å². The highest BCUT2D eigenvalue weighted by atomic mass is 19.4. The minimum Gasteiger partial charge on any atom is -0.370 e. The monoisotopic (exact) mass is 335 g/mol. The first kappa shape index (κ1) is 17.5. The van der Waals surface area contributed by atoms with Crippen LogP contribution in [0.25, 0.3) is 0 Å². The Balaban J connectivity index is 2.35. The van der Waals surface area contributed by atoms with Crippen molar-refractivity contribution < 1.29 is 18.0 Å². The Hall–Kier alpha value is -2.83. The van der Waals surface area contributed by atoms with E-state index < -0.39 is 23.6 Å². The number of guanidine groups is 1. The SMILES string of the molecule is NC(N)=NC(=O)[C@@H](Cc1ccccc1)c1ccc(C(F)(F)F)cc1. The summed E-state index contributed by atoms with van der Waals surface area (Å²) in [7, 11) is 0. The van der Waals surface area contributed by atoms with Crippen LogP contribution in [0.3, 0.4) is 0 Å². The average molecular weight is 335 g/mol. The molecule has 0 unspecified atom stereocenters. The summed E-state index contributed by atoms with van der Waals surface area (Å²) < 4.78 is 38.0. The Morgan fingerprint density at radius 3 is 2.08 bits per heavy atom. The Morgan fingerprint density at radius 2 is 1.58 bits per heavy atom. The van der Waals surface area contributed by atoms with Crippen molar-refractivity contribution in [1.82, 2.24) is 0 Å². The van der Waals surface area contributed by atoms with Gasteiger partial charge in [0, 0.05) is 0 Å². The van der Waals surface area contributed by atoms with Gasteiger partial charge in [-0.15, -0.1) is 0 Å². The fourth-order valence-corrected chi connectivity index (χ4v) is 2.31. The maximum absolute atomic E-state index is 12.7. The molecule has 0 aromatic heterocycles. The van der Waals surface area contributed by atoms with Crippen LogP contribution >= 0.6 is 0 Å². The van der Waals surface area contributed by atoms with Gasteiger partial charge in [-0.2, -0.15) is 18.2 Å². The van der Waals surface area contributed by atoms with E-state index in [1.165, 1.54) is 12.1 Å². The number of benzene rings is 2. The van der Waals surface area contributed by atoms with Crippen LogP contribution in [0, 0.1) is 0 Å². The first-order valence-corrected chi connectivity index (χ1v) is 7.12. The molecule has 0 bridgehead atoms. The van der Waals surface area contributed by atoms with Crippen molar-refractivity contribution >= 4 is 11.9 Å². The fourth-order valence-electron chi connectivity index (χ4n) is 2.31. The first-order valence-electron chi connectivity index (χ1n) is 7.12. The molecule has 0 radical (unpaired) electrons. The molecule has 2 aromatic rings. The summed E-state index contributed by atoms with van der Waals surface area (Å²) in [6.07, 6.45) is -4.15. The molecule has 1 amide bonds. The van der Waals surface area contributed by atoms with E-state index in [0.717, 1.165) is 17.7 Å². The van der Waals surface area contributed by atoms with E-state index >= 15 is 0 Å². The Labute approximate surface area is 137 Å². The van der Waals surface area contributed by atoms with E-state index in [2.05, 4.69) is 4.99 Å². The lowest BCUT2D eigenvalue weighted by Crippen LogP contribution is -2.26. The Kier molecular flexibility index (Phi) is 5.23. The molecule has 4 nitrogen and oxygen atoms in total. The average Bonchev–Trinajstić information content (AvgIpc) is 2.52. The Morgan fingerprint density at radius 1 is 1.00 bits per heavy atom. The number of hydrogen-bond donors (Lipinski definition) is 2. The first-order chi connectivity index (χ1) is 11.3. The standard InChI is InChI=1S/C17H16F3N3O/c18-17(19,20)13-8-6-12(7-9-13)14(15(24)23-16(21)22)10-11-4-2-1-3-5-11/h1-9,14H,10H2,(H4,21,22,23,24)/t14-/m0/s1. The number of nitrogens with two attached hydrogens (primary N) is 2. The molecule has 2 aromatic carbocycles. The third-order valence-electron chi connectivity index (χ3n) is 3.46.